The number of benzene rings is 8. The van der Waals surface area contributed by atoms with Crippen molar-refractivity contribution in [2.45, 2.75) is 0 Å². The van der Waals surface area contributed by atoms with E-state index in [0.717, 1.165) is 67.5 Å². The molecule has 8 aromatic carbocycles. The van der Waals surface area contributed by atoms with Crippen molar-refractivity contribution in [3.63, 3.8) is 0 Å². The maximum Gasteiger partial charge on any atom is 0.159 e. The topological polar surface area (TPSA) is 15.7 Å². The lowest BCUT2D eigenvalue weighted by molar-refractivity contribution is 0.488. The summed E-state index contributed by atoms with van der Waals surface area (Å²) in [6.07, 6.45) is 0. The van der Waals surface area contributed by atoms with Gasteiger partial charge in [-0.1, -0.05) is 121 Å². The van der Waals surface area contributed by atoms with Crippen LogP contribution in [0.2, 0.25) is 0 Å². The van der Waals surface area contributed by atoms with Gasteiger partial charge in [-0.25, -0.2) is 0 Å². The molecule has 0 saturated carbocycles. The number of nitrogens with zero attached hydrogens (tertiary/aromatic N) is 2. The molecule has 0 atom stereocenters. The zero-order chi connectivity index (χ0) is 32.6. The van der Waals surface area contributed by atoms with Crippen molar-refractivity contribution in [3.8, 4) is 33.8 Å². The van der Waals surface area contributed by atoms with Crippen LogP contribution in [0.3, 0.4) is 0 Å². The maximum atomic E-state index is 6.98. The molecule has 0 fully saturated rings. The van der Waals surface area contributed by atoms with Crippen LogP contribution in [0.4, 0.5) is 34.1 Å². The first-order chi connectivity index (χ1) is 24.3. The summed E-state index contributed by atoms with van der Waals surface area (Å²) in [6, 6.07) is 68.3. The van der Waals surface area contributed by atoms with Crippen LogP contribution in [-0.2, 0) is 0 Å². The standard InChI is InChI=1S/C46H32N2O/c1-5-14-33(15-6-1)34-24-27-39(28-25-34)48(38-21-11-4-12-22-38)43-30-26-35-16-13-23-41-42-32-40(29-31-44(42)49-46(43)45(35)41)47(36-17-7-2-8-18-36)37-19-9-3-10-20-37/h1-32H. The molecule has 1 aliphatic heterocycles. The van der Waals surface area contributed by atoms with Gasteiger partial charge in [-0.15, -0.1) is 0 Å². The molecule has 49 heavy (non-hydrogen) atoms. The van der Waals surface area contributed by atoms with E-state index in [9.17, 15) is 0 Å². The number of para-hydroxylation sites is 3. The van der Waals surface area contributed by atoms with Gasteiger partial charge in [-0.05, 0) is 94.9 Å². The Morgan fingerprint density at radius 1 is 0.347 bits per heavy atom. The second kappa shape index (κ2) is 12.2. The monoisotopic (exact) mass is 628 g/mol. The van der Waals surface area contributed by atoms with Gasteiger partial charge in [0, 0.05) is 39.4 Å². The summed E-state index contributed by atoms with van der Waals surface area (Å²) in [5.41, 5.74) is 11.0. The third kappa shape index (κ3) is 5.18. The number of fused-ring (bicyclic) bond motifs is 2. The van der Waals surface area contributed by atoms with Crippen LogP contribution in [0.1, 0.15) is 0 Å². The Morgan fingerprint density at radius 2 is 0.878 bits per heavy atom. The Balaban J connectivity index is 1.20. The normalized spacial score (nSPS) is 11.4. The fourth-order valence-electron chi connectivity index (χ4n) is 6.94. The van der Waals surface area contributed by atoms with Gasteiger partial charge >= 0.3 is 0 Å². The molecule has 0 N–H and O–H groups in total. The quantitative estimate of drug-likeness (QED) is 0.175. The first kappa shape index (κ1) is 28.6. The number of ether oxygens (including phenoxy) is 1. The fraction of sp³-hybridized carbons (Fsp3) is 0. The van der Waals surface area contributed by atoms with Crippen molar-refractivity contribution in [1.82, 2.24) is 0 Å². The van der Waals surface area contributed by atoms with Crippen LogP contribution in [-0.4, -0.2) is 0 Å². The Hall–Kier alpha value is -6.58. The maximum absolute atomic E-state index is 6.98. The molecular weight excluding hydrogens is 597 g/mol. The molecule has 0 amide bonds. The molecule has 0 aromatic heterocycles. The van der Waals surface area contributed by atoms with Gasteiger partial charge in [-0.2, -0.15) is 0 Å². The lowest BCUT2D eigenvalue weighted by Crippen LogP contribution is -2.13. The third-order valence-electron chi connectivity index (χ3n) is 9.22. The summed E-state index contributed by atoms with van der Waals surface area (Å²) in [4.78, 5) is 4.59. The van der Waals surface area contributed by atoms with Crippen molar-refractivity contribution in [1.29, 1.82) is 0 Å². The minimum atomic E-state index is 0.838. The molecule has 0 aliphatic carbocycles. The van der Waals surface area contributed by atoms with E-state index >= 15 is 0 Å². The molecule has 8 aromatic rings. The van der Waals surface area contributed by atoms with Crippen LogP contribution < -0.4 is 14.5 Å². The largest absolute Gasteiger partial charge is 0.454 e. The minimum absolute atomic E-state index is 0.838. The van der Waals surface area contributed by atoms with Crippen molar-refractivity contribution >= 4 is 44.9 Å². The van der Waals surface area contributed by atoms with Gasteiger partial charge in [0.05, 0.1) is 5.69 Å². The van der Waals surface area contributed by atoms with Crippen molar-refractivity contribution in [3.05, 3.63) is 194 Å². The van der Waals surface area contributed by atoms with Gasteiger partial charge in [0.15, 0.2) is 5.75 Å². The first-order valence-electron chi connectivity index (χ1n) is 16.6. The molecule has 0 spiro atoms. The molecule has 1 aliphatic rings. The Morgan fingerprint density at radius 3 is 1.51 bits per heavy atom. The van der Waals surface area contributed by atoms with E-state index in [2.05, 4.69) is 204 Å². The van der Waals surface area contributed by atoms with E-state index in [4.69, 9.17) is 4.74 Å². The second-order valence-electron chi connectivity index (χ2n) is 12.2. The summed E-state index contributed by atoms with van der Waals surface area (Å²) in [6.45, 7) is 0. The van der Waals surface area contributed by atoms with Crippen LogP contribution in [0.5, 0.6) is 11.5 Å². The summed E-state index contributed by atoms with van der Waals surface area (Å²) in [5, 5.41) is 2.25. The number of hydrogen-bond acceptors (Lipinski definition) is 3. The molecule has 0 bridgehead atoms. The molecule has 3 nitrogen and oxygen atoms in total. The average Bonchev–Trinajstić information content (AvgIpc) is 3.18. The highest BCUT2D eigenvalue weighted by molar-refractivity contribution is 6.08. The van der Waals surface area contributed by atoms with Crippen molar-refractivity contribution < 1.29 is 4.74 Å². The van der Waals surface area contributed by atoms with Gasteiger partial charge in [-0.3, -0.25) is 0 Å². The fourth-order valence-corrected chi connectivity index (χ4v) is 6.94. The van der Waals surface area contributed by atoms with E-state index in [-0.39, 0.29) is 0 Å². The van der Waals surface area contributed by atoms with Gasteiger partial charge in [0.25, 0.3) is 0 Å². The van der Waals surface area contributed by atoms with Crippen LogP contribution in [0.25, 0.3) is 33.0 Å². The second-order valence-corrected chi connectivity index (χ2v) is 12.2. The highest BCUT2D eigenvalue weighted by Crippen LogP contribution is 2.54. The molecule has 0 saturated heterocycles. The Bertz CT molecular complexity index is 2350. The van der Waals surface area contributed by atoms with E-state index in [1.165, 1.54) is 11.1 Å². The molecule has 1 heterocycles. The number of anilines is 6. The van der Waals surface area contributed by atoms with Gasteiger partial charge in [0.1, 0.15) is 5.75 Å². The van der Waals surface area contributed by atoms with E-state index in [0.29, 0.717) is 0 Å². The summed E-state index contributed by atoms with van der Waals surface area (Å²) in [5.74, 6) is 1.69. The van der Waals surface area contributed by atoms with Crippen LogP contribution in [0.15, 0.2) is 194 Å². The SMILES string of the molecule is c1ccc(-c2ccc(N(c3ccccc3)c3ccc4cccc5c4c3Oc3ccc(N(c4ccccc4)c4ccccc4)cc3-5)cc2)cc1. The predicted octanol–water partition coefficient (Wildman–Crippen LogP) is 13.2. The zero-order valence-electron chi connectivity index (χ0n) is 26.8. The zero-order valence-corrected chi connectivity index (χ0v) is 26.8. The molecular formula is C46H32N2O. The summed E-state index contributed by atoms with van der Waals surface area (Å²) < 4.78 is 6.98. The highest BCUT2D eigenvalue weighted by Gasteiger charge is 2.27. The van der Waals surface area contributed by atoms with Crippen LogP contribution >= 0.6 is 0 Å². The number of hydrogen-bond donors (Lipinski definition) is 0. The molecule has 9 rings (SSSR count). The Labute approximate surface area is 286 Å². The lowest BCUT2D eigenvalue weighted by Gasteiger charge is -2.31. The molecule has 0 unspecified atom stereocenters. The third-order valence-corrected chi connectivity index (χ3v) is 9.22. The Kier molecular flexibility index (Phi) is 7.14. The average molecular weight is 629 g/mol. The molecule has 0 radical (unpaired) electrons. The van der Waals surface area contributed by atoms with E-state index in [1.54, 1.807) is 0 Å². The van der Waals surface area contributed by atoms with Crippen LogP contribution in [0, 0.1) is 0 Å². The van der Waals surface area contributed by atoms with E-state index < -0.39 is 0 Å². The van der Waals surface area contributed by atoms with Crippen molar-refractivity contribution in [2.24, 2.45) is 0 Å². The lowest BCUT2D eigenvalue weighted by atomic mass is 9.93. The summed E-state index contributed by atoms with van der Waals surface area (Å²) >= 11 is 0. The first-order valence-corrected chi connectivity index (χ1v) is 16.6. The van der Waals surface area contributed by atoms with Gasteiger partial charge < -0.3 is 14.5 Å². The minimum Gasteiger partial charge on any atom is -0.454 e. The van der Waals surface area contributed by atoms with Crippen molar-refractivity contribution in [2.75, 3.05) is 9.80 Å². The highest BCUT2D eigenvalue weighted by atomic mass is 16.5. The molecule has 232 valence electrons. The molecule has 3 heteroatoms. The predicted molar refractivity (Wildman–Crippen MR) is 204 cm³/mol. The number of rotatable bonds is 7. The van der Waals surface area contributed by atoms with E-state index in [1.807, 2.05) is 0 Å². The smallest absolute Gasteiger partial charge is 0.159 e. The summed E-state index contributed by atoms with van der Waals surface area (Å²) in [7, 11) is 0. The van der Waals surface area contributed by atoms with Gasteiger partial charge in [0.2, 0.25) is 0 Å².